The quantitative estimate of drug-likeness (QED) is 0.805. The molecular weight excluding hydrogens is 342 g/mol. The smallest absolute Gasteiger partial charge is 0.410 e. The second-order valence-corrected chi connectivity index (χ2v) is 8.57. The average Bonchev–Trinajstić information content (AvgIpc) is 2.60. The van der Waals surface area contributed by atoms with Gasteiger partial charge in [-0.15, -0.1) is 0 Å². The first-order valence-electron chi connectivity index (χ1n) is 9.97. The highest BCUT2D eigenvalue weighted by Gasteiger charge is 2.26. The molecule has 1 aromatic carbocycles. The molecule has 1 aliphatic heterocycles. The molecule has 0 spiro atoms. The largest absolute Gasteiger partial charge is 0.444 e. The van der Waals surface area contributed by atoms with E-state index in [1.807, 2.05) is 39.0 Å². The van der Waals surface area contributed by atoms with Crippen LogP contribution in [0.5, 0.6) is 0 Å². The van der Waals surface area contributed by atoms with Crippen molar-refractivity contribution in [2.75, 3.05) is 11.9 Å². The second kappa shape index (κ2) is 8.19. The molecule has 27 heavy (non-hydrogen) atoms. The van der Waals surface area contributed by atoms with Gasteiger partial charge in [0, 0.05) is 24.8 Å². The van der Waals surface area contributed by atoms with E-state index < -0.39 is 5.60 Å². The summed E-state index contributed by atoms with van der Waals surface area (Å²) in [5.74, 6) is 0. The molecule has 148 valence electrons. The second-order valence-electron chi connectivity index (χ2n) is 8.57. The molecule has 3 amide bonds. The maximum absolute atomic E-state index is 12.3. The van der Waals surface area contributed by atoms with Crippen LogP contribution in [0, 0.1) is 0 Å². The van der Waals surface area contributed by atoms with Crippen LogP contribution in [-0.2, 0) is 17.7 Å². The third-order valence-corrected chi connectivity index (χ3v) is 5.07. The first-order valence-corrected chi connectivity index (χ1v) is 9.97. The summed E-state index contributed by atoms with van der Waals surface area (Å²) in [5, 5.41) is 6.02. The number of carbonyl (C=O) groups excluding carboxylic acids is 2. The number of hydrogen-bond donors (Lipinski definition) is 2. The van der Waals surface area contributed by atoms with Crippen molar-refractivity contribution in [2.45, 2.75) is 77.5 Å². The standard InChI is InChI=1S/C21H31N3O3/c1-21(2,3)27-20(26)24-12-11-15-13-18(10-9-16(15)14-24)23-19(25)22-17-7-5-4-6-8-17/h9-10,13,17H,4-8,11-12,14H2,1-3H3,(H2,22,23,25). The molecule has 0 aromatic heterocycles. The van der Waals surface area contributed by atoms with Crippen LogP contribution in [0.15, 0.2) is 18.2 Å². The Balaban J connectivity index is 1.56. The number of nitrogens with zero attached hydrogens (tertiary/aromatic N) is 1. The zero-order chi connectivity index (χ0) is 19.4. The number of anilines is 1. The highest BCUT2D eigenvalue weighted by molar-refractivity contribution is 5.89. The van der Waals surface area contributed by atoms with Crippen molar-refractivity contribution >= 4 is 17.8 Å². The number of nitrogens with one attached hydrogen (secondary N) is 2. The molecule has 0 saturated heterocycles. The van der Waals surface area contributed by atoms with Crippen LogP contribution >= 0.6 is 0 Å². The Labute approximate surface area is 161 Å². The molecule has 6 nitrogen and oxygen atoms in total. The summed E-state index contributed by atoms with van der Waals surface area (Å²) in [7, 11) is 0. The Bertz CT molecular complexity index is 690. The molecular formula is C21H31N3O3. The van der Waals surface area contributed by atoms with Crippen LogP contribution in [0.3, 0.4) is 0 Å². The molecule has 6 heteroatoms. The number of ether oxygens (including phenoxy) is 1. The number of fused-ring (bicyclic) bond motifs is 1. The predicted molar refractivity (Wildman–Crippen MR) is 106 cm³/mol. The summed E-state index contributed by atoms with van der Waals surface area (Å²) in [6.07, 6.45) is 6.27. The van der Waals surface area contributed by atoms with E-state index in [1.54, 1.807) is 4.90 Å². The highest BCUT2D eigenvalue weighted by Crippen LogP contribution is 2.24. The van der Waals surface area contributed by atoms with Crippen molar-refractivity contribution in [2.24, 2.45) is 0 Å². The van der Waals surface area contributed by atoms with Crippen molar-refractivity contribution in [1.29, 1.82) is 0 Å². The lowest BCUT2D eigenvalue weighted by Crippen LogP contribution is -2.40. The molecule has 1 saturated carbocycles. The van der Waals surface area contributed by atoms with E-state index in [4.69, 9.17) is 4.74 Å². The van der Waals surface area contributed by atoms with E-state index in [0.717, 1.165) is 30.5 Å². The molecule has 1 heterocycles. The van der Waals surface area contributed by atoms with Gasteiger partial charge in [-0.1, -0.05) is 25.3 Å². The number of urea groups is 1. The Morgan fingerprint density at radius 2 is 1.85 bits per heavy atom. The minimum Gasteiger partial charge on any atom is -0.444 e. The summed E-state index contributed by atoms with van der Waals surface area (Å²) >= 11 is 0. The van der Waals surface area contributed by atoms with Gasteiger partial charge in [0.25, 0.3) is 0 Å². The Hall–Kier alpha value is -2.24. The first kappa shape index (κ1) is 19.5. The predicted octanol–water partition coefficient (Wildman–Crippen LogP) is 4.43. The topological polar surface area (TPSA) is 70.7 Å². The average molecular weight is 373 g/mol. The monoisotopic (exact) mass is 373 g/mol. The van der Waals surface area contributed by atoms with Gasteiger partial charge in [-0.2, -0.15) is 0 Å². The first-order chi connectivity index (χ1) is 12.8. The zero-order valence-electron chi connectivity index (χ0n) is 16.6. The van der Waals surface area contributed by atoms with Gasteiger partial charge in [0.05, 0.1) is 0 Å². The van der Waals surface area contributed by atoms with E-state index >= 15 is 0 Å². The van der Waals surface area contributed by atoms with Gasteiger partial charge in [0.2, 0.25) is 0 Å². The Morgan fingerprint density at radius 1 is 1.11 bits per heavy atom. The molecule has 2 N–H and O–H groups in total. The molecule has 2 aliphatic rings. The van der Waals surface area contributed by atoms with Gasteiger partial charge >= 0.3 is 12.1 Å². The minimum absolute atomic E-state index is 0.131. The molecule has 0 atom stereocenters. The third kappa shape index (κ3) is 5.62. The Morgan fingerprint density at radius 3 is 2.56 bits per heavy atom. The number of carbonyl (C=O) groups is 2. The molecule has 1 fully saturated rings. The fourth-order valence-corrected chi connectivity index (χ4v) is 3.71. The van der Waals surface area contributed by atoms with Gasteiger partial charge in [-0.3, -0.25) is 0 Å². The lowest BCUT2D eigenvalue weighted by atomic mass is 9.96. The molecule has 1 aromatic rings. The fourth-order valence-electron chi connectivity index (χ4n) is 3.71. The number of amides is 3. The van der Waals surface area contributed by atoms with Gasteiger partial charge < -0.3 is 20.3 Å². The lowest BCUT2D eigenvalue weighted by Gasteiger charge is -2.31. The van der Waals surface area contributed by atoms with Crippen LogP contribution < -0.4 is 10.6 Å². The van der Waals surface area contributed by atoms with Crippen LogP contribution in [0.2, 0.25) is 0 Å². The van der Waals surface area contributed by atoms with Crippen molar-refractivity contribution in [3.05, 3.63) is 29.3 Å². The summed E-state index contributed by atoms with van der Waals surface area (Å²) in [5.41, 5.74) is 2.58. The van der Waals surface area contributed by atoms with E-state index in [-0.39, 0.29) is 12.1 Å². The van der Waals surface area contributed by atoms with Crippen LogP contribution in [0.4, 0.5) is 15.3 Å². The highest BCUT2D eigenvalue weighted by atomic mass is 16.6. The SMILES string of the molecule is CC(C)(C)OC(=O)N1CCc2cc(NC(=O)NC3CCCCC3)ccc2C1. The van der Waals surface area contributed by atoms with Crippen molar-refractivity contribution in [3.63, 3.8) is 0 Å². The summed E-state index contributed by atoms with van der Waals surface area (Å²) < 4.78 is 5.46. The molecule has 3 rings (SSSR count). The third-order valence-electron chi connectivity index (χ3n) is 5.07. The van der Waals surface area contributed by atoms with E-state index in [9.17, 15) is 9.59 Å². The number of hydrogen-bond acceptors (Lipinski definition) is 3. The zero-order valence-corrected chi connectivity index (χ0v) is 16.6. The maximum atomic E-state index is 12.3. The minimum atomic E-state index is -0.489. The lowest BCUT2D eigenvalue weighted by molar-refractivity contribution is 0.0224. The van der Waals surface area contributed by atoms with Gasteiger partial charge in [0.1, 0.15) is 5.60 Å². The molecule has 0 radical (unpaired) electrons. The van der Waals surface area contributed by atoms with E-state index in [2.05, 4.69) is 10.6 Å². The maximum Gasteiger partial charge on any atom is 0.410 e. The van der Waals surface area contributed by atoms with E-state index in [0.29, 0.717) is 19.1 Å². The fraction of sp³-hybridized carbons (Fsp3) is 0.619. The van der Waals surface area contributed by atoms with Crippen molar-refractivity contribution < 1.29 is 14.3 Å². The number of rotatable bonds is 2. The Kier molecular flexibility index (Phi) is 5.92. The molecule has 1 aliphatic carbocycles. The summed E-state index contributed by atoms with van der Waals surface area (Å²) in [6, 6.07) is 6.06. The number of benzene rings is 1. The molecule has 0 unspecified atom stereocenters. The van der Waals surface area contributed by atoms with Crippen molar-refractivity contribution in [1.82, 2.24) is 10.2 Å². The van der Waals surface area contributed by atoms with Gasteiger partial charge in [-0.25, -0.2) is 9.59 Å². The summed E-state index contributed by atoms with van der Waals surface area (Å²) in [6.45, 7) is 6.79. The van der Waals surface area contributed by atoms with Crippen molar-refractivity contribution in [3.8, 4) is 0 Å². The van der Waals surface area contributed by atoms with Gasteiger partial charge in [0.15, 0.2) is 0 Å². The van der Waals surface area contributed by atoms with Gasteiger partial charge in [-0.05, 0) is 63.3 Å². The molecule has 0 bridgehead atoms. The van der Waals surface area contributed by atoms with E-state index in [1.165, 1.54) is 24.8 Å². The summed E-state index contributed by atoms with van der Waals surface area (Å²) in [4.78, 5) is 26.2. The van der Waals surface area contributed by atoms with Crippen LogP contribution in [0.25, 0.3) is 0 Å². The van der Waals surface area contributed by atoms with Crippen LogP contribution in [-0.4, -0.2) is 35.2 Å². The van der Waals surface area contributed by atoms with Crippen LogP contribution in [0.1, 0.15) is 64.0 Å². The normalized spacial score (nSPS) is 17.8.